The minimum Gasteiger partial charge on any atom is -0.369 e. The third-order valence-corrected chi connectivity index (χ3v) is 1.29. The third-order valence-electron chi connectivity index (χ3n) is 0.430. The van der Waals surface area contributed by atoms with Crippen molar-refractivity contribution in [2.24, 2.45) is 5.73 Å². The summed E-state index contributed by atoms with van der Waals surface area (Å²) >= 11 is 1.22. The molecule has 0 spiro atoms. The highest BCUT2D eigenvalue weighted by Crippen LogP contribution is 1.93. The first kappa shape index (κ1) is 7.49. The second-order valence-electron chi connectivity index (χ2n) is 1.15. The number of rotatable bonds is 4. The van der Waals surface area contributed by atoms with E-state index in [1.807, 2.05) is 0 Å². The van der Waals surface area contributed by atoms with Crippen LogP contribution in [0.25, 0.3) is 0 Å². The van der Waals surface area contributed by atoms with Crippen molar-refractivity contribution in [2.75, 3.05) is 11.5 Å². The van der Waals surface area contributed by atoms with Crippen LogP contribution in [0.15, 0.2) is 0 Å². The van der Waals surface area contributed by atoms with E-state index in [2.05, 4.69) is 0 Å². The summed E-state index contributed by atoms with van der Waals surface area (Å²) in [6.45, 7) is 0. The lowest BCUT2D eigenvalue weighted by atomic mass is 10.8. The molecule has 0 aromatic heterocycles. The first-order valence-corrected chi connectivity index (χ1v) is 3.22. The van der Waals surface area contributed by atoms with Crippen molar-refractivity contribution in [3.8, 4) is 0 Å². The molecular formula is C4H7NO2S. The lowest BCUT2D eigenvalue weighted by Crippen LogP contribution is -2.13. The second-order valence-corrected chi connectivity index (χ2v) is 2.18. The van der Waals surface area contributed by atoms with E-state index in [0.29, 0.717) is 5.75 Å². The number of thioether (sulfide) groups is 1. The lowest BCUT2D eigenvalue weighted by molar-refractivity contribution is -0.115. The maximum absolute atomic E-state index is 9.96. The fourth-order valence-electron chi connectivity index (χ4n) is 0.208. The van der Waals surface area contributed by atoms with Gasteiger partial charge in [0.2, 0.25) is 5.91 Å². The summed E-state index contributed by atoms with van der Waals surface area (Å²) in [6.07, 6.45) is 0.744. The summed E-state index contributed by atoms with van der Waals surface area (Å²) in [7, 11) is 0. The zero-order chi connectivity index (χ0) is 6.41. The van der Waals surface area contributed by atoms with Gasteiger partial charge in [-0.05, 0) is 0 Å². The van der Waals surface area contributed by atoms with Crippen LogP contribution in [0.3, 0.4) is 0 Å². The summed E-state index contributed by atoms with van der Waals surface area (Å²) in [4.78, 5) is 19.6. The Balaban J connectivity index is 2.93. The molecule has 46 valence electrons. The van der Waals surface area contributed by atoms with Gasteiger partial charge in [-0.3, -0.25) is 4.79 Å². The average Bonchev–Trinajstić information content (AvgIpc) is 1.66. The van der Waals surface area contributed by atoms with Crippen LogP contribution in [0, 0.1) is 0 Å². The molecular weight excluding hydrogens is 126 g/mol. The molecule has 8 heavy (non-hydrogen) atoms. The number of carbonyl (C=O) groups excluding carboxylic acids is 2. The Bertz CT molecular complexity index is 94.0. The molecule has 0 fully saturated rings. The van der Waals surface area contributed by atoms with E-state index in [1.165, 1.54) is 11.8 Å². The molecule has 0 aliphatic rings. The number of nitrogens with two attached hydrogens (primary N) is 1. The first-order valence-electron chi connectivity index (χ1n) is 2.07. The van der Waals surface area contributed by atoms with E-state index >= 15 is 0 Å². The van der Waals surface area contributed by atoms with Gasteiger partial charge in [0.1, 0.15) is 6.29 Å². The maximum atomic E-state index is 9.96. The summed E-state index contributed by atoms with van der Waals surface area (Å²) < 4.78 is 0. The van der Waals surface area contributed by atoms with Crippen LogP contribution in [0.1, 0.15) is 0 Å². The van der Waals surface area contributed by atoms with Gasteiger partial charge in [0.05, 0.1) is 5.75 Å². The molecule has 0 heterocycles. The highest BCUT2D eigenvalue weighted by molar-refractivity contribution is 8.00. The van der Waals surface area contributed by atoms with Crippen LogP contribution in [-0.4, -0.2) is 23.7 Å². The molecule has 3 nitrogen and oxygen atoms in total. The second kappa shape index (κ2) is 4.64. The number of aldehydes is 1. The van der Waals surface area contributed by atoms with Crippen LogP contribution >= 0.6 is 11.8 Å². The molecule has 0 saturated carbocycles. The Morgan fingerprint density at radius 3 is 2.75 bits per heavy atom. The van der Waals surface area contributed by atoms with Crippen molar-refractivity contribution in [3.63, 3.8) is 0 Å². The Kier molecular flexibility index (Phi) is 4.35. The number of hydrogen-bond donors (Lipinski definition) is 1. The Morgan fingerprint density at radius 2 is 2.38 bits per heavy atom. The van der Waals surface area contributed by atoms with E-state index < -0.39 is 0 Å². The van der Waals surface area contributed by atoms with Gasteiger partial charge in [0, 0.05) is 5.75 Å². The SMILES string of the molecule is NC(=O)CSCC=O. The predicted molar refractivity (Wildman–Crippen MR) is 32.6 cm³/mol. The molecule has 0 aliphatic carbocycles. The fourth-order valence-corrected chi connectivity index (χ4v) is 0.623. The minimum absolute atomic E-state index is 0.235. The molecule has 0 saturated heterocycles. The number of primary amides is 1. The quantitative estimate of drug-likeness (QED) is 0.411. The predicted octanol–water partition coefficient (Wildman–Crippen LogP) is -0.596. The third kappa shape index (κ3) is 5.49. The zero-order valence-electron chi connectivity index (χ0n) is 4.29. The molecule has 2 N–H and O–H groups in total. The van der Waals surface area contributed by atoms with E-state index in [9.17, 15) is 9.59 Å². The molecule has 0 aromatic carbocycles. The fraction of sp³-hybridized carbons (Fsp3) is 0.500. The molecule has 0 radical (unpaired) electrons. The van der Waals surface area contributed by atoms with E-state index in [-0.39, 0.29) is 11.7 Å². The van der Waals surface area contributed by atoms with Crippen molar-refractivity contribution in [1.82, 2.24) is 0 Å². The molecule has 0 aromatic rings. The lowest BCUT2D eigenvalue weighted by Gasteiger charge is -1.86. The van der Waals surface area contributed by atoms with E-state index in [1.54, 1.807) is 0 Å². The largest absolute Gasteiger partial charge is 0.369 e. The molecule has 1 amide bonds. The summed E-state index contributed by atoms with van der Waals surface area (Å²) in [5.74, 6) is 0.207. The summed E-state index contributed by atoms with van der Waals surface area (Å²) in [6, 6.07) is 0. The molecule has 0 bridgehead atoms. The minimum atomic E-state index is -0.378. The Hall–Kier alpha value is -0.510. The number of amides is 1. The standard InChI is InChI=1S/C4H7NO2S/c5-4(7)3-8-2-1-6/h1H,2-3H2,(H2,5,7). The molecule has 0 unspecified atom stereocenters. The van der Waals surface area contributed by atoms with Crippen molar-refractivity contribution >= 4 is 24.0 Å². The molecule has 0 aliphatic heterocycles. The molecule has 4 heteroatoms. The smallest absolute Gasteiger partial charge is 0.227 e. The Labute approximate surface area is 51.6 Å². The van der Waals surface area contributed by atoms with Gasteiger partial charge in [-0.1, -0.05) is 0 Å². The van der Waals surface area contributed by atoms with Crippen LogP contribution in [-0.2, 0) is 9.59 Å². The number of hydrogen-bond acceptors (Lipinski definition) is 3. The van der Waals surface area contributed by atoms with E-state index in [0.717, 1.165) is 6.29 Å². The summed E-state index contributed by atoms with van der Waals surface area (Å²) in [5.41, 5.74) is 4.76. The van der Waals surface area contributed by atoms with Gasteiger partial charge in [0.15, 0.2) is 0 Å². The summed E-state index contributed by atoms with van der Waals surface area (Å²) in [5, 5.41) is 0. The Morgan fingerprint density at radius 1 is 1.75 bits per heavy atom. The van der Waals surface area contributed by atoms with Crippen molar-refractivity contribution in [1.29, 1.82) is 0 Å². The van der Waals surface area contributed by atoms with Crippen LogP contribution in [0.5, 0.6) is 0 Å². The average molecular weight is 133 g/mol. The highest BCUT2D eigenvalue weighted by atomic mass is 32.2. The maximum Gasteiger partial charge on any atom is 0.227 e. The molecule has 0 rings (SSSR count). The van der Waals surface area contributed by atoms with Crippen molar-refractivity contribution < 1.29 is 9.59 Å². The first-order chi connectivity index (χ1) is 3.77. The van der Waals surface area contributed by atoms with Gasteiger partial charge in [-0.2, -0.15) is 0 Å². The zero-order valence-corrected chi connectivity index (χ0v) is 5.11. The monoisotopic (exact) mass is 133 g/mol. The normalized spacial score (nSPS) is 8.50. The van der Waals surface area contributed by atoms with E-state index in [4.69, 9.17) is 5.73 Å². The van der Waals surface area contributed by atoms with Crippen molar-refractivity contribution in [3.05, 3.63) is 0 Å². The van der Waals surface area contributed by atoms with Crippen LogP contribution in [0.2, 0.25) is 0 Å². The van der Waals surface area contributed by atoms with Gasteiger partial charge < -0.3 is 10.5 Å². The van der Waals surface area contributed by atoms with Gasteiger partial charge in [0.25, 0.3) is 0 Å². The van der Waals surface area contributed by atoms with Crippen LogP contribution in [0.4, 0.5) is 0 Å². The number of carbonyl (C=O) groups is 2. The van der Waals surface area contributed by atoms with Crippen molar-refractivity contribution in [2.45, 2.75) is 0 Å². The highest BCUT2D eigenvalue weighted by Gasteiger charge is 1.90. The van der Waals surface area contributed by atoms with Gasteiger partial charge in [-0.25, -0.2) is 0 Å². The van der Waals surface area contributed by atoms with Crippen LogP contribution < -0.4 is 5.73 Å². The molecule has 0 atom stereocenters. The topological polar surface area (TPSA) is 60.2 Å². The van der Waals surface area contributed by atoms with Gasteiger partial charge >= 0.3 is 0 Å². The van der Waals surface area contributed by atoms with Gasteiger partial charge in [-0.15, -0.1) is 11.8 Å².